The SMILES string of the molecule is CCCNC(Cc1ccc(C)c(C)c1)C(C)CC. The molecule has 2 atom stereocenters. The summed E-state index contributed by atoms with van der Waals surface area (Å²) in [6, 6.07) is 7.49. The van der Waals surface area contributed by atoms with Gasteiger partial charge in [0.15, 0.2) is 0 Å². The van der Waals surface area contributed by atoms with E-state index < -0.39 is 0 Å². The number of rotatable bonds is 7. The van der Waals surface area contributed by atoms with Gasteiger partial charge in [-0.25, -0.2) is 0 Å². The summed E-state index contributed by atoms with van der Waals surface area (Å²) in [6.45, 7) is 12.4. The van der Waals surface area contributed by atoms with Crippen LogP contribution >= 0.6 is 0 Å². The van der Waals surface area contributed by atoms with Crippen LogP contribution in [0.1, 0.15) is 50.3 Å². The van der Waals surface area contributed by atoms with E-state index in [4.69, 9.17) is 0 Å². The van der Waals surface area contributed by atoms with E-state index in [-0.39, 0.29) is 0 Å². The van der Waals surface area contributed by atoms with Gasteiger partial charge in [0.1, 0.15) is 0 Å². The van der Waals surface area contributed by atoms with E-state index in [0.29, 0.717) is 6.04 Å². The Morgan fingerprint density at radius 3 is 2.39 bits per heavy atom. The summed E-state index contributed by atoms with van der Waals surface area (Å²) in [4.78, 5) is 0. The van der Waals surface area contributed by atoms with Crippen LogP contribution in [0.15, 0.2) is 18.2 Å². The second-order valence-electron chi connectivity index (χ2n) is 5.57. The van der Waals surface area contributed by atoms with Crippen molar-refractivity contribution in [1.29, 1.82) is 0 Å². The number of benzene rings is 1. The molecule has 1 aromatic carbocycles. The van der Waals surface area contributed by atoms with E-state index in [1.807, 2.05) is 0 Å². The van der Waals surface area contributed by atoms with Crippen LogP contribution in [0.4, 0.5) is 0 Å². The average molecular weight is 247 g/mol. The molecule has 0 fully saturated rings. The van der Waals surface area contributed by atoms with Crippen molar-refractivity contribution in [2.24, 2.45) is 5.92 Å². The lowest BCUT2D eigenvalue weighted by atomic mass is 9.92. The van der Waals surface area contributed by atoms with Crippen LogP contribution < -0.4 is 5.32 Å². The highest BCUT2D eigenvalue weighted by Crippen LogP contribution is 2.16. The predicted molar refractivity (Wildman–Crippen MR) is 81.2 cm³/mol. The molecule has 1 nitrogen and oxygen atoms in total. The third kappa shape index (κ3) is 4.45. The zero-order valence-electron chi connectivity index (χ0n) is 12.7. The summed E-state index contributed by atoms with van der Waals surface area (Å²) in [5.41, 5.74) is 4.26. The van der Waals surface area contributed by atoms with E-state index in [2.05, 4.69) is 58.1 Å². The van der Waals surface area contributed by atoms with E-state index >= 15 is 0 Å². The fourth-order valence-electron chi connectivity index (χ4n) is 2.27. The molecular weight excluding hydrogens is 218 g/mol. The molecule has 2 unspecified atom stereocenters. The van der Waals surface area contributed by atoms with Crippen molar-refractivity contribution >= 4 is 0 Å². The molecule has 0 heterocycles. The largest absolute Gasteiger partial charge is 0.313 e. The molecule has 0 aliphatic heterocycles. The van der Waals surface area contributed by atoms with E-state index in [0.717, 1.165) is 18.9 Å². The molecule has 0 aliphatic carbocycles. The highest BCUT2D eigenvalue weighted by atomic mass is 14.9. The zero-order chi connectivity index (χ0) is 13.5. The van der Waals surface area contributed by atoms with Gasteiger partial charge in [0, 0.05) is 6.04 Å². The summed E-state index contributed by atoms with van der Waals surface area (Å²) in [5, 5.41) is 3.70. The standard InChI is InChI=1S/C17H29N/c1-6-10-18-17(13(3)7-2)12-16-9-8-14(4)15(5)11-16/h8-9,11,13,17-18H,6-7,10,12H2,1-5H3. The fourth-order valence-corrected chi connectivity index (χ4v) is 2.27. The molecule has 0 aliphatic rings. The van der Waals surface area contributed by atoms with Crippen molar-refractivity contribution in [3.8, 4) is 0 Å². The maximum Gasteiger partial charge on any atom is 0.0133 e. The van der Waals surface area contributed by atoms with Crippen molar-refractivity contribution in [2.45, 2.75) is 59.9 Å². The van der Waals surface area contributed by atoms with Crippen LogP contribution in [0.5, 0.6) is 0 Å². The van der Waals surface area contributed by atoms with Crippen molar-refractivity contribution in [2.75, 3.05) is 6.54 Å². The minimum atomic E-state index is 0.608. The normalized spacial score (nSPS) is 14.5. The van der Waals surface area contributed by atoms with Crippen molar-refractivity contribution in [3.63, 3.8) is 0 Å². The first kappa shape index (κ1) is 15.2. The first-order chi connectivity index (χ1) is 8.58. The maximum absolute atomic E-state index is 3.70. The van der Waals surface area contributed by atoms with Crippen LogP contribution in [-0.4, -0.2) is 12.6 Å². The van der Waals surface area contributed by atoms with E-state index in [9.17, 15) is 0 Å². The van der Waals surface area contributed by atoms with Gasteiger partial charge in [0.05, 0.1) is 0 Å². The Kier molecular flexibility index (Phi) is 6.42. The molecule has 102 valence electrons. The van der Waals surface area contributed by atoms with Crippen LogP contribution in [0.2, 0.25) is 0 Å². The quantitative estimate of drug-likeness (QED) is 0.759. The zero-order valence-corrected chi connectivity index (χ0v) is 12.7. The summed E-state index contributed by atoms with van der Waals surface area (Å²) in [5.74, 6) is 0.734. The summed E-state index contributed by atoms with van der Waals surface area (Å²) < 4.78 is 0. The summed E-state index contributed by atoms with van der Waals surface area (Å²) in [6.07, 6.45) is 3.60. The average Bonchev–Trinajstić information content (AvgIpc) is 2.37. The van der Waals surface area contributed by atoms with Gasteiger partial charge in [-0.1, -0.05) is 45.4 Å². The van der Waals surface area contributed by atoms with Crippen molar-refractivity contribution in [1.82, 2.24) is 5.32 Å². The van der Waals surface area contributed by atoms with Gasteiger partial charge in [0.2, 0.25) is 0 Å². The molecular formula is C17H29N. The monoisotopic (exact) mass is 247 g/mol. The molecule has 18 heavy (non-hydrogen) atoms. The maximum atomic E-state index is 3.70. The summed E-state index contributed by atoms with van der Waals surface area (Å²) >= 11 is 0. The fraction of sp³-hybridized carbons (Fsp3) is 0.647. The van der Waals surface area contributed by atoms with Gasteiger partial charge in [-0.2, -0.15) is 0 Å². The van der Waals surface area contributed by atoms with Gasteiger partial charge in [-0.15, -0.1) is 0 Å². The third-order valence-corrected chi connectivity index (χ3v) is 4.01. The lowest BCUT2D eigenvalue weighted by Gasteiger charge is -2.24. The van der Waals surface area contributed by atoms with Gasteiger partial charge in [-0.05, 0) is 55.8 Å². The second kappa shape index (κ2) is 7.58. The second-order valence-corrected chi connectivity index (χ2v) is 5.57. The Morgan fingerprint density at radius 2 is 1.83 bits per heavy atom. The molecule has 0 aromatic heterocycles. The molecule has 0 amide bonds. The number of aryl methyl sites for hydroxylation is 2. The van der Waals surface area contributed by atoms with E-state index in [1.165, 1.54) is 29.5 Å². The molecule has 1 heteroatoms. The lowest BCUT2D eigenvalue weighted by molar-refractivity contribution is 0.365. The Bertz CT molecular complexity index is 357. The van der Waals surface area contributed by atoms with E-state index in [1.54, 1.807) is 0 Å². The molecule has 0 saturated carbocycles. The first-order valence-corrected chi connectivity index (χ1v) is 7.38. The molecule has 0 saturated heterocycles. The van der Waals surface area contributed by atoms with Crippen LogP contribution in [0, 0.1) is 19.8 Å². The first-order valence-electron chi connectivity index (χ1n) is 7.38. The molecule has 0 bridgehead atoms. The van der Waals surface area contributed by atoms with Crippen molar-refractivity contribution < 1.29 is 0 Å². The smallest absolute Gasteiger partial charge is 0.0133 e. The van der Waals surface area contributed by atoms with Gasteiger partial charge in [-0.3, -0.25) is 0 Å². The number of nitrogens with one attached hydrogen (secondary N) is 1. The van der Waals surface area contributed by atoms with Gasteiger partial charge >= 0.3 is 0 Å². The Morgan fingerprint density at radius 1 is 1.11 bits per heavy atom. The molecule has 0 spiro atoms. The minimum Gasteiger partial charge on any atom is -0.313 e. The third-order valence-electron chi connectivity index (χ3n) is 4.01. The molecule has 1 rings (SSSR count). The molecule has 1 aromatic rings. The Labute approximate surface area is 113 Å². The highest BCUT2D eigenvalue weighted by molar-refractivity contribution is 5.30. The van der Waals surface area contributed by atoms with Crippen LogP contribution in [0.25, 0.3) is 0 Å². The highest BCUT2D eigenvalue weighted by Gasteiger charge is 2.15. The van der Waals surface area contributed by atoms with Crippen LogP contribution in [-0.2, 0) is 6.42 Å². The Balaban J connectivity index is 2.71. The van der Waals surface area contributed by atoms with Gasteiger partial charge < -0.3 is 5.32 Å². The number of hydrogen-bond acceptors (Lipinski definition) is 1. The lowest BCUT2D eigenvalue weighted by Crippen LogP contribution is -2.37. The minimum absolute atomic E-state index is 0.608. The topological polar surface area (TPSA) is 12.0 Å². The van der Waals surface area contributed by atoms with Crippen molar-refractivity contribution in [3.05, 3.63) is 34.9 Å². The predicted octanol–water partition coefficient (Wildman–Crippen LogP) is 4.26. The van der Waals surface area contributed by atoms with Gasteiger partial charge in [0.25, 0.3) is 0 Å². The molecule has 0 radical (unpaired) electrons. The number of hydrogen-bond donors (Lipinski definition) is 1. The van der Waals surface area contributed by atoms with Crippen LogP contribution in [0.3, 0.4) is 0 Å². The summed E-state index contributed by atoms with van der Waals surface area (Å²) in [7, 11) is 0. The molecule has 1 N–H and O–H groups in total. The Hall–Kier alpha value is -0.820.